The Balaban J connectivity index is 1.58. The first-order chi connectivity index (χ1) is 11.5. The van der Waals surface area contributed by atoms with Gasteiger partial charge < -0.3 is 24.8 Å². The Hall–Kier alpha value is -1.76. The van der Waals surface area contributed by atoms with Gasteiger partial charge in [-0.05, 0) is 12.3 Å². The molecule has 136 valence electrons. The second-order valence-corrected chi connectivity index (χ2v) is 6.56. The summed E-state index contributed by atoms with van der Waals surface area (Å²) in [7, 11) is 0. The van der Waals surface area contributed by atoms with Gasteiger partial charge in [0.2, 0.25) is 5.76 Å². The van der Waals surface area contributed by atoms with Gasteiger partial charge in [-0.25, -0.2) is 4.79 Å². The second kappa shape index (κ2) is 8.92. The van der Waals surface area contributed by atoms with Crippen LogP contribution in [0.1, 0.15) is 57.8 Å². The third kappa shape index (κ3) is 5.12. The molecule has 2 unspecified atom stereocenters. The molecule has 0 radical (unpaired) electrons. The average Bonchev–Trinajstić information content (AvgIpc) is 2.85. The number of hydrogen-bond acceptors (Lipinski definition) is 7. The van der Waals surface area contributed by atoms with Gasteiger partial charge in [0, 0.05) is 6.42 Å². The molecule has 7 nitrogen and oxygen atoms in total. The predicted molar refractivity (Wildman–Crippen MR) is 84.2 cm³/mol. The molecule has 24 heavy (non-hydrogen) atoms. The third-order valence-corrected chi connectivity index (χ3v) is 4.67. The second-order valence-electron chi connectivity index (χ2n) is 6.56. The maximum atomic E-state index is 11.7. The van der Waals surface area contributed by atoms with E-state index < -0.39 is 42.3 Å². The van der Waals surface area contributed by atoms with Crippen LogP contribution in [-0.2, 0) is 19.1 Å². The number of ether oxygens (including phenoxy) is 2. The van der Waals surface area contributed by atoms with Crippen molar-refractivity contribution in [1.29, 1.82) is 0 Å². The fourth-order valence-corrected chi connectivity index (χ4v) is 3.24. The Kier molecular flexibility index (Phi) is 6.90. The molecule has 1 fully saturated rings. The predicted octanol–water partition coefficient (Wildman–Crippen LogP) is 2.28. The van der Waals surface area contributed by atoms with Crippen molar-refractivity contribution in [2.75, 3.05) is 6.61 Å². The molecule has 0 amide bonds. The Morgan fingerprint density at radius 1 is 1.21 bits per heavy atom. The SMILES string of the molecule is O=C(CCCCC1CCCCC1)OCC(O)C1OC(=O)C(O)=C1O. The third-order valence-electron chi connectivity index (χ3n) is 4.67. The maximum absolute atomic E-state index is 11.7. The topological polar surface area (TPSA) is 113 Å². The van der Waals surface area contributed by atoms with E-state index in [2.05, 4.69) is 4.74 Å². The Morgan fingerprint density at radius 2 is 1.92 bits per heavy atom. The molecule has 7 heteroatoms. The largest absolute Gasteiger partial charge is 0.505 e. The first-order valence-corrected chi connectivity index (χ1v) is 8.65. The molecule has 2 atom stereocenters. The van der Waals surface area contributed by atoms with Gasteiger partial charge in [-0.15, -0.1) is 0 Å². The van der Waals surface area contributed by atoms with E-state index >= 15 is 0 Å². The first kappa shape index (κ1) is 18.6. The standard InChI is InChI=1S/C17H26O7/c18-12(16-14(20)15(21)17(22)24-16)10-23-13(19)9-5-4-8-11-6-2-1-3-7-11/h11-12,16,18,20-21H,1-10H2. The summed E-state index contributed by atoms with van der Waals surface area (Å²) in [5, 5.41) is 28.4. The van der Waals surface area contributed by atoms with Crippen LogP contribution in [0.3, 0.4) is 0 Å². The van der Waals surface area contributed by atoms with E-state index in [0.717, 1.165) is 25.2 Å². The monoisotopic (exact) mass is 342 g/mol. The van der Waals surface area contributed by atoms with Crippen molar-refractivity contribution < 1.29 is 34.4 Å². The highest BCUT2D eigenvalue weighted by atomic mass is 16.6. The van der Waals surface area contributed by atoms with E-state index in [1.54, 1.807) is 0 Å². The number of carbonyl (C=O) groups excluding carboxylic acids is 2. The maximum Gasteiger partial charge on any atom is 0.377 e. The van der Waals surface area contributed by atoms with E-state index in [4.69, 9.17) is 9.84 Å². The summed E-state index contributed by atoms with van der Waals surface area (Å²) in [5.74, 6) is -2.42. The van der Waals surface area contributed by atoms with Gasteiger partial charge in [0.25, 0.3) is 0 Å². The Morgan fingerprint density at radius 3 is 2.54 bits per heavy atom. The van der Waals surface area contributed by atoms with Gasteiger partial charge in [-0.2, -0.15) is 0 Å². The van der Waals surface area contributed by atoms with Gasteiger partial charge in [0.05, 0.1) is 0 Å². The minimum Gasteiger partial charge on any atom is -0.505 e. The molecule has 1 heterocycles. The van der Waals surface area contributed by atoms with E-state index in [9.17, 15) is 19.8 Å². The van der Waals surface area contributed by atoms with Crippen molar-refractivity contribution in [3.8, 4) is 0 Å². The zero-order valence-corrected chi connectivity index (χ0v) is 13.8. The van der Waals surface area contributed by atoms with E-state index in [0.29, 0.717) is 0 Å². The minimum absolute atomic E-state index is 0.275. The number of hydrogen-bond donors (Lipinski definition) is 3. The van der Waals surface area contributed by atoms with Crippen LogP contribution in [0.4, 0.5) is 0 Å². The summed E-state index contributed by atoms with van der Waals surface area (Å²) in [4.78, 5) is 22.7. The molecule has 0 aromatic heterocycles. The van der Waals surface area contributed by atoms with Gasteiger partial charge >= 0.3 is 11.9 Å². The van der Waals surface area contributed by atoms with Crippen LogP contribution in [0, 0.1) is 5.92 Å². The molecule has 1 saturated carbocycles. The molecular weight excluding hydrogens is 316 g/mol. The number of aliphatic hydroxyl groups excluding tert-OH is 3. The van der Waals surface area contributed by atoms with Crippen molar-refractivity contribution in [2.24, 2.45) is 5.92 Å². The van der Waals surface area contributed by atoms with Crippen LogP contribution in [0.5, 0.6) is 0 Å². The molecule has 0 spiro atoms. The summed E-state index contributed by atoms with van der Waals surface area (Å²) >= 11 is 0. The molecule has 2 aliphatic rings. The van der Waals surface area contributed by atoms with Crippen LogP contribution in [0.25, 0.3) is 0 Å². The van der Waals surface area contributed by atoms with Crippen LogP contribution in [0.15, 0.2) is 11.5 Å². The molecule has 1 aliphatic heterocycles. The van der Waals surface area contributed by atoms with Crippen molar-refractivity contribution in [3.05, 3.63) is 11.5 Å². The molecule has 3 N–H and O–H groups in total. The molecule has 0 saturated heterocycles. The molecule has 0 bridgehead atoms. The number of aliphatic hydroxyl groups is 3. The fraction of sp³-hybridized carbons (Fsp3) is 0.765. The zero-order chi connectivity index (χ0) is 17.5. The van der Waals surface area contributed by atoms with Crippen LogP contribution in [0.2, 0.25) is 0 Å². The van der Waals surface area contributed by atoms with Crippen molar-refractivity contribution in [2.45, 2.75) is 70.0 Å². The summed E-state index contributed by atoms with van der Waals surface area (Å²) < 4.78 is 9.52. The number of esters is 2. The summed E-state index contributed by atoms with van der Waals surface area (Å²) in [6.45, 7) is -0.406. The van der Waals surface area contributed by atoms with Gasteiger partial charge in [0.15, 0.2) is 11.9 Å². The molecule has 2 rings (SSSR count). The lowest BCUT2D eigenvalue weighted by Crippen LogP contribution is -2.33. The minimum atomic E-state index is -1.41. The number of carbonyl (C=O) groups is 2. The number of rotatable bonds is 8. The van der Waals surface area contributed by atoms with Crippen molar-refractivity contribution in [3.63, 3.8) is 0 Å². The Bertz CT molecular complexity index is 479. The quantitative estimate of drug-likeness (QED) is 0.458. The van der Waals surface area contributed by atoms with Gasteiger partial charge in [0.1, 0.15) is 12.7 Å². The number of cyclic esters (lactones) is 1. The first-order valence-electron chi connectivity index (χ1n) is 8.65. The lowest BCUT2D eigenvalue weighted by molar-refractivity contribution is -0.154. The van der Waals surface area contributed by atoms with Gasteiger partial charge in [-0.3, -0.25) is 4.79 Å². The van der Waals surface area contributed by atoms with E-state index in [1.807, 2.05) is 0 Å². The Labute approximate surface area is 141 Å². The highest BCUT2D eigenvalue weighted by Crippen LogP contribution is 2.28. The highest BCUT2D eigenvalue weighted by Gasteiger charge is 2.39. The summed E-state index contributed by atoms with van der Waals surface area (Å²) in [5.41, 5.74) is 0. The molecule has 0 aromatic rings. The molecule has 1 aliphatic carbocycles. The lowest BCUT2D eigenvalue weighted by atomic mass is 9.86. The van der Waals surface area contributed by atoms with Crippen molar-refractivity contribution in [1.82, 2.24) is 0 Å². The van der Waals surface area contributed by atoms with Crippen LogP contribution >= 0.6 is 0 Å². The van der Waals surface area contributed by atoms with Crippen molar-refractivity contribution >= 4 is 11.9 Å². The lowest BCUT2D eigenvalue weighted by Gasteiger charge is -2.21. The van der Waals surface area contributed by atoms with E-state index in [-0.39, 0.29) is 6.42 Å². The zero-order valence-electron chi connectivity index (χ0n) is 13.8. The van der Waals surface area contributed by atoms with Crippen LogP contribution in [-0.4, -0.2) is 46.1 Å². The normalized spacial score (nSPS) is 23.2. The fourth-order valence-electron chi connectivity index (χ4n) is 3.24. The molecule has 0 aromatic carbocycles. The summed E-state index contributed by atoms with van der Waals surface area (Å²) in [6, 6.07) is 0. The average molecular weight is 342 g/mol. The number of unbranched alkanes of at least 4 members (excludes halogenated alkanes) is 1. The molecular formula is C17H26O7. The summed E-state index contributed by atoms with van der Waals surface area (Å²) in [6.07, 6.45) is 6.89. The van der Waals surface area contributed by atoms with E-state index in [1.165, 1.54) is 32.1 Å². The smallest absolute Gasteiger partial charge is 0.377 e. The van der Waals surface area contributed by atoms with Crippen LogP contribution < -0.4 is 0 Å². The van der Waals surface area contributed by atoms with Gasteiger partial charge in [-0.1, -0.05) is 44.9 Å². The highest BCUT2D eigenvalue weighted by molar-refractivity contribution is 5.89.